The van der Waals surface area contributed by atoms with E-state index in [2.05, 4.69) is 21.8 Å². The number of hydrogen-bond acceptors (Lipinski definition) is 5. The first-order valence-corrected chi connectivity index (χ1v) is 5.38. The maximum atomic E-state index is 11.4. The fraction of sp³-hybridized carbons (Fsp3) is 0.600. The maximum Gasteiger partial charge on any atom is 0.238 e. The number of nitrogen functional groups attached to an aromatic ring is 1. The molecule has 0 bridgehead atoms. The van der Waals surface area contributed by atoms with Crippen molar-refractivity contribution in [2.45, 2.75) is 6.92 Å². The van der Waals surface area contributed by atoms with Crippen LogP contribution in [0.3, 0.4) is 0 Å². The van der Waals surface area contributed by atoms with Crippen molar-refractivity contribution in [3.63, 3.8) is 0 Å². The molecule has 6 heteroatoms. The lowest BCUT2D eigenvalue weighted by molar-refractivity contribution is -0.600. The van der Waals surface area contributed by atoms with E-state index in [1.807, 2.05) is 0 Å². The zero-order valence-corrected chi connectivity index (χ0v) is 9.68. The van der Waals surface area contributed by atoms with Gasteiger partial charge in [-0.25, -0.2) is 4.73 Å². The third kappa shape index (κ3) is 2.01. The minimum atomic E-state index is 0.210. The second-order valence-electron chi connectivity index (χ2n) is 4.17. The summed E-state index contributed by atoms with van der Waals surface area (Å²) in [5.74, 6) is 1.41. The van der Waals surface area contributed by atoms with E-state index < -0.39 is 0 Å². The van der Waals surface area contributed by atoms with E-state index in [9.17, 15) is 5.21 Å². The molecule has 2 heterocycles. The molecule has 2 N–H and O–H groups in total. The molecule has 0 saturated carbocycles. The van der Waals surface area contributed by atoms with Crippen molar-refractivity contribution in [3.05, 3.63) is 17.1 Å². The summed E-state index contributed by atoms with van der Waals surface area (Å²) in [5, 5.41) is 11.4. The molecule has 0 spiro atoms. The molecule has 0 atom stereocenters. The normalized spacial score (nSPS) is 17.8. The predicted molar refractivity (Wildman–Crippen MR) is 62.1 cm³/mol. The lowest BCUT2D eigenvalue weighted by Gasteiger charge is -2.32. The number of nitrogens with zero attached hydrogens (tertiary/aromatic N) is 4. The van der Waals surface area contributed by atoms with Gasteiger partial charge in [0, 0.05) is 33.1 Å². The molecule has 1 aromatic rings. The molecule has 1 fully saturated rings. The highest BCUT2D eigenvalue weighted by Crippen LogP contribution is 2.14. The highest BCUT2D eigenvalue weighted by atomic mass is 16.5. The largest absolute Gasteiger partial charge is 0.740 e. The summed E-state index contributed by atoms with van der Waals surface area (Å²) in [4.78, 5) is 8.68. The van der Waals surface area contributed by atoms with Gasteiger partial charge in [-0.1, -0.05) is 4.98 Å². The fourth-order valence-corrected chi connectivity index (χ4v) is 1.82. The van der Waals surface area contributed by atoms with Gasteiger partial charge in [-0.15, -0.1) is 0 Å². The third-order valence-electron chi connectivity index (χ3n) is 2.91. The number of hydrogen-bond donors (Lipinski definition) is 1. The van der Waals surface area contributed by atoms with Gasteiger partial charge in [-0.3, -0.25) is 0 Å². The molecule has 1 aromatic heterocycles. The van der Waals surface area contributed by atoms with E-state index in [-0.39, 0.29) is 5.82 Å². The van der Waals surface area contributed by atoms with Crippen LogP contribution in [-0.2, 0) is 0 Å². The molecule has 0 aromatic carbocycles. The van der Waals surface area contributed by atoms with E-state index >= 15 is 0 Å². The van der Waals surface area contributed by atoms with E-state index in [0.29, 0.717) is 10.6 Å². The quantitative estimate of drug-likeness (QED) is 0.506. The minimum Gasteiger partial charge on any atom is -0.740 e. The van der Waals surface area contributed by atoms with Crippen LogP contribution in [0.1, 0.15) is 5.82 Å². The van der Waals surface area contributed by atoms with Crippen LogP contribution in [0.25, 0.3) is 0 Å². The zero-order chi connectivity index (χ0) is 11.7. The SMILES string of the molecule is Cc1nc(N2CCN(C)CC2)cc(N)[n+]1[O-]. The second-order valence-corrected chi connectivity index (χ2v) is 4.17. The summed E-state index contributed by atoms with van der Waals surface area (Å²) in [6.45, 7) is 5.53. The molecule has 88 valence electrons. The molecule has 2 rings (SSSR count). The Bertz CT molecular complexity index is 364. The Balaban J connectivity index is 2.21. The summed E-state index contributed by atoms with van der Waals surface area (Å²) in [7, 11) is 2.10. The van der Waals surface area contributed by atoms with Crippen LogP contribution in [0.5, 0.6) is 0 Å². The molecule has 0 amide bonds. The zero-order valence-electron chi connectivity index (χ0n) is 9.68. The first-order chi connectivity index (χ1) is 7.58. The van der Waals surface area contributed by atoms with Crippen molar-refractivity contribution in [2.24, 2.45) is 0 Å². The van der Waals surface area contributed by atoms with E-state index in [1.54, 1.807) is 13.0 Å². The fourth-order valence-electron chi connectivity index (χ4n) is 1.82. The molecule has 0 unspecified atom stereocenters. The van der Waals surface area contributed by atoms with Crippen molar-refractivity contribution < 1.29 is 4.73 Å². The van der Waals surface area contributed by atoms with Gasteiger partial charge in [-0.05, 0) is 7.05 Å². The van der Waals surface area contributed by atoms with Crippen molar-refractivity contribution in [1.82, 2.24) is 9.88 Å². The maximum absolute atomic E-state index is 11.4. The van der Waals surface area contributed by atoms with Crippen molar-refractivity contribution in [1.29, 1.82) is 0 Å². The van der Waals surface area contributed by atoms with Gasteiger partial charge in [0.15, 0.2) is 0 Å². The van der Waals surface area contributed by atoms with Crippen molar-refractivity contribution in [3.8, 4) is 0 Å². The average Bonchev–Trinajstić information content (AvgIpc) is 2.26. The van der Waals surface area contributed by atoms with Gasteiger partial charge in [0.25, 0.3) is 0 Å². The molecule has 6 nitrogen and oxygen atoms in total. The summed E-state index contributed by atoms with van der Waals surface area (Å²) in [5.41, 5.74) is 5.63. The number of nitrogens with two attached hydrogens (primary N) is 1. The Morgan fingerprint density at radius 1 is 1.38 bits per heavy atom. The van der Waals surface area contributed by atoms with Gasteiger partial charge >= 0.3 is 0 Å². The number of piperazine rings is 1. The van der Waals surface area contributed by atoms with Crippen molar-refractivity contribution in [2.75, 3.05) is 43.9 Å². The monoisotopic (exact) mass is 223 g/mol. The Morgan fingerprint density at radius 2 is 2.00 bits per heavy atom. The van der Waals surface area contributed by atoms with Crippen molar-refractivity contribution >= 4 is 11.6 Å². The molecule has 1 aliphatic heterocycles. The van der Waals surface area contributed by atoms with Gasteiger partial charge < -0.3 is 20.7 Å². The van der Waals surface area contributed by atoms with E-state index in [1.165, 1.54) is 0 Å². The topological polar surface area (TPSA) is 72.3 Å². The van der Waals surface area contributed by atoms with Gasteiger partial charge in [0.05, 0.1) is 6.07 Å². The minimum absolute atomic E-state index is 0.210. The molecule has 1 saturated heterocycles. The Hall–Kier alpha value is -1.56. The van der Waals surface area contributed by atoms with Crippen LogP contribution in [0, 0.1) is 12.1 Å². The van der Waals surface area contributed by atoms with Crippen LogP contribution < -0.4 is 15.4 Å². The lowest BCUT2D eigenvalue weighted by Crippen LogP contribution is -2.45. The Morgan fingerprint density at radius 3 is 2.56 bits per heavy atom. The summed E-state index contributed by atoms with van der Waals surface area (Å²) in [6.07, 6.45) is 0. The summed E-state index contributed by atoms with van der Waals surface area (Å²) in [6, 6.07) is 1.64. The number of likely N-dealkylation sites (N-methyl/N-ethyl adjacent to an activating group) is 1. The Kier molecular flexibility index (Phi) is 2.82. The standard InChI is InChI=1S/C10H17N5O/c1-8-12-10(7-9(11)15(8)16)14-5-3-13(2)4-6-14/h7H,3-6,11H2,1-2H3. The van der Waals surface area contributed by atoms with Gasteiger partial charge in [-0.2, -0.15) is 0 Å². The molecule has 0 radical (unpaired) electrons. The third-order valence-corrected chi connectivity index (χ3v) is 2.91. The predicted octanol–water partition coefficient (Wildman–Crippen LogP) is -0.643. The van der Waals surface area contributed by atoms with Crippen LogP contribution in [0.2, 0.25) is 0 Å². The average molecular weight is 223 g/mol. The molecule has 16 heavy (non-hydrogen) atoms. The highest BCUT2D eigenvalue weighted by Gasteiger charge is 2.19. The van der Waals surface area contributed by atoms with Crippen LogP contribution in [0.15, 0.2) is 6.07 Å². The Labute approximate surface area is 94.9 Å². The molecule has 0 aliphatic carbocycles. The van der Waals surface area contributed by atoms with Gasteiger partial charge in [0.1, 0.15) is 0 Å². The summed E-state index contributed by atoms with van der Waals surface area (Å²) >= 11 is 0. The van der Waals surface area contributed by atoms with Gasteiger partial charge in [0.2, 0.25) is 17.5 Å². The number of aromatic nitrogens is 2. The second kappa shape index (κ2) is 4.13. The van der Waals surface area contributed by atoms with Crippen LogP contribution in [-0.4, -0.2) is 43.1 Å². The number of rotatable bonds is 1. The summed E-state index contributed by atoms with van der Waals surface area (Å²) < 4.78 is 0.652. The van der Waals surface area contributed by atoms with Crippen LogP contribution in [0.4, 0.5) is 11.6 Å². The molecular formula is C10H17N5O. The van der Waals surface area contributed by atoms with E-state index in [4.69, 9.17) is 5.73 Å². The highest BCUT2D eigenvalue weighted by molar-refractivity contribution is 5.44. The lowest BCUT2D eigenvalue weighted by atomic mass is 10.3. The smallest absolute Gasteiger partial charge is 0.238 e. The molecular weight excluding hydrogens is 206 g/mol. The van der Waals surface area contributed by atoms with Crippen LogP contribution >= 0.6 is 0 Å². The first-order valence-electron chi connectivity index (χ1n) is 5.38. The molecule has 1 aliphatic rings. The number of aryl methyl sites for hydroxylation is 1. The first kappa shape index (κ1) is 10.9. The van der Waals surface area contributed by atoms with E-state index in [0.717, 1.165) is 32.0 Å². The number of anilines is 2.